The van der Waals surface area contributed by atoms with Crippen molar-refractivity contribution in [2.24, 2.45) is 5.73 Å². The average molecular weight is 320 g/mol. The number of halogens is 1. The molecule has 1 rings (SSSR count). The summed E-state index contributed by atoms with van der Waals surface area (Å²) in [6, 6.07) is 0. The molecule has 1 amide bonds. The molecule has 122 valence electrons. The lowest BCUT2D eigenvalue weighted by molar-refractivity contribution is -0.130. The zero-order chi connectivity index (χ0) is 15.3. The molecule has 0 saturated carbocycles. The maximum absolute atomic E-state index is 11.8. The summed E-state index contributed by atoms with van der Waals surface area (Å²) >= 11 is 0. The number of carbonyl (C=O) groups excluding carboxylic acids is 1. The molecule has 0 aromatic carbocycles. The minimum absolute atomic E-state index is 0. The van der Waals surface area contributed by atoms with Gasteiger partial charge >= 0.3 is 0 Å². The molecule has 0 aliphatic heterocycles. The highest BCUT2D eigenvalue weighted by Crippen LogP contribution is 2.13. The Morgan fingerprint density at radius 1 is 1.38 bits per heavy atom. The van der Waals surface area contributed by atoms with E-state index in [0.717, 1.165) is 13.0 Å². The highest BCUT2D eigenvalue weighted by atomic mass is 35.5. The first-order valence-corrected chi connectivity index (χ1v) is 6.78. The van der Waals surface area contributed by atoms with E-state index in [9.17, 15) is 4.79 Å². The number of nitrogens with two attached hydrogens (primary N) is 1. The van der Waals surface area contributed by atoms with Crippen LogP contribution in [0.15, 0.2) is 4.52 Å². The highest BCUT2D eigenvalue weighted by Gasteiger charge is 2.22. The van der Waals surface area contributed by atoms with Crippen LogP contribution in [0, 0.1) is 0 Å². The molecular formula is C13H26ClN5O2. The van der Waals surface area contributed by atoms with Crippen LogP contribution in [-0.2, 0) is 16.9 Å². The largest absolute Gasteiger partial charge is 0.348 e. The smallest absolute Gasteiger partial charge is 0.240 e. The summed E-state index contributed by atoms with van der Waals surface area (Å²) in [4.78, 5) is 19.6. The number of likely N-dealkylation sites (N-methyl/N-ethyl adjacent to an activating group) is 1. The van der Waals surface area contributed by atoms with Crippen LogP contribution in [-0.4, -0.2) is 53.0 Å². The quantitative estimate of drug-likeness (QED) is 0.806. The van der Waals surface area contributed by atoms with Crippen molar-refractivity contribution in [3.63, 3.8) is 0 Å². The summed E-state index contributed by atoms with van der Waals surface area (Å²) in [7, 11) is 3.49. The molecule has 7 nitrogen and oxygen atoms in total. The molecule has 0 fully saturated rings. The predicted octanol–water partition coefficient (Wildman–Crippen LogP) is 0.985. The van der Waals surface area contributed by atoms with Crippen molar-refractivity contribution in [1.29, 1.82) is 0 Å². The molecule has 0 spiro atoms. The maximum atomic E-state index is 11.8. The van der Waals surface area contributed by atoms with E-state index in [-0.39, 0.29) is 18.3 Å². The van der Waals surface area contributed by atoms with Gasteiger partial charge in [-0.05, 0) is 26.8 Å². The van der Waals surface area contributed by atoms with Gasteiger partial charge in [-0.15, -0.1) is 12.4 Å². The van der Waals surface area contributed by atoms with E-state index in [2.05, 4.69) is 17.1 Å². The number of rotatable bonds is 7. The minimum atomic E-state index is -0.628. The van der Waals surface area contributed by atoms with Gasteiger partial charge in [0.15, 0.2) is 5.82 Å². The van der Waals surface area contributed by atoms with Crippen LogP contribution in [0.3, 0.4) is 0 Å². The van der Waals surface area contributed by atoms with Crippen molar-refractivity contribution in [1.82, 2.24) is 19.9 Å². The van der Waals surface area contributed by atoms with E-state index in [1.54, 1.807) is 19.0 Å². The highest BCUT2D eigenvalue weighted by molar-refractivity contribution is 5.85. The van der Waals surface area contributed by atoms with Crippen LogP contribution < -0.4 is 5.73 Å². The molecule has 1 aromatic heterocycles. The second-order valence-corrected chi connectivity index (χ2v) is 5.73. The van der Waals surface area contributed by atoms with Crippen LogP contribution in [0.1, 0.15) is 38.9 Å². The van der Waals surface area contributed by atoms with Gasteiger partial charge in [-0.3, -0.25) is 9.69 Å². The SMILES string of the molecule is CCCN(CC(=O)N(C)C)Cc1nc(C(C)(C)N)no1.Cl. The molecule has 0 saturated heterocycles. The molecule has 2 N–H and O–H groups in total. The topological polar surface area (TPSA) is 88.5 Å². The van der Waals surface area contributed by atoms with Crippen LogP contribution in [0.5, 0.6) is 0 Å². The first-order chi connectivity index (χ1) is 9.24. The standard InChI is InChI=1S/C13H25N5O2.ClH/c1-6-7-18(9-11(19)17(4)5)8-10-15-12(16-20-10)13(2,3)14;/h6-9,14H2,1-5H3;1H. The first kappa shape index (κ1) is 19.8. The maximum Gasteiger partial charge on any atom is 0.240 e. The molecule has 0 aliphatic carbocycles. The third-order valence-electron chi connectivity index (χ3n) is 2.80. The predicted molar refractivity (Wildman–Crippen MR) is 83.0 cm³/mol. The Kier molecular flexibility index (Phi) is 7.84. The third kappa shape index (κ3) is 6.41. The minimum Gasteiger partial charge on any atom is -0.348 e. The van der Waals surface area contributed by atoms with Gasteiger partial charge in [0.1, 0.15) is 0 Å². The lowest BCUT2D eigenvalue weighted by Gasteiger charge is -2.21. The third-order valence-corrected chi connectivity index (χ3v) is 2.80. The Labute approximate surface area is 132 Å². The van der Waals surface area contributed by atoms with Crippen LogP contribution in [0.4, 0.5) is 0 Å². The second-order valence-electron chi connectivity index (χ2n) is 5.73. The first-order valence-electron chi connectivity index (χ1n) is 6.78. The van der Waals surface area contributed by atoms with Crippen LogP contribution in [0.2, 0.25) is 0 Å². The molecule has 0 radical (unpaired) electrons. The van der Waals surface area contributed by atoms with Gasteiger partial charge in [-0.25, -0.2) is 0 Å². The van der Waals surface area contributed by atoms with Crippen molar-refractivity contribution in [3.05, 3.63) is 11.7 Å². The molecule has 21 heavy (non-hydrogen) atoms. The number of hydrogen-bond acceptors (Lipinski definition) is 6. The van der Waals surface area contributed by atoms with Gasteiger partial charge < -0.3 is 15.2 Å². The van der Waals surface area contributed by atoms with Crippen molar-refractivity contribution in [2.75, 3.05) is 27.2 Å². The molecule has 0 bridgehead atoms. The van der Waals surface area contributed by atoms with Crippen molar-refractivity contribution in [3.8, 4) is 0 Å². The van der Waals surface area contributed by atoms with Gasteiger partial charge in [0, 0.05) is 14.1 Å². The number of nitrogens with zero attached hydrogens (tertiary/aromatic N) is 4. The van der Waals surface area contributed by atoms with Gasteiger partial charge in [-0.1, -0.05) is 12.1 Å². The number of aromatic nitrogens is 2. The Bertz CT molecular complexity index is 442. The molecule has 0 unspecified atom stereocenters. The number of hydrogen-bond donors (Lipinski definition) is 1. The summed E-state index contributed by atoms with van der Waals surface area (Å²) < 4.78 is 5.20. The van der Waals surface area contributed by atoms with E-state index in [4.69, 9.17) is 10.3 Å². The lowest BCUT2D eigenvalue weighted by atomic mass is 10.1. The molecule has 0 atom stereocenters. The van der Waals surface area contributed by atoms with E-state index < -0.39 is 5.54 Å². The lowest BCUT2D eigenvalue weighted by Crippen LogP contribution is -2.36. The van der Waals surface area contributed by atoms with Crippen molar-refractivity contribution >= 4 is 18.3 Å². The monoisotopic (exact) mass is 319 g/mol. The number of amides is 1. The second kappa shape index (κ2) is 8.31. The van der Waals surface area contributed by atoms with Gasteiger partial charge in [0.2, 0.25) is 11.8 Å². The van der Waals surface area contributed by atoms with Gasteiger partial charge in [0.05, 0.1) is 18.6 Å². The molecule has 1 heterocycles. The average Bonchev–Trinajstić information content (AvgIpc) is 2.77. The number of carbonyl (C=O) groups is 1. The Balaban J connectivity index is 0.00000400. The zero-order valence-corrected chi connectivity index (χ0v) is 14.2. The Morgan fingerprint density at radius 3 is 2.43 bits per heavy atom. The summed E-state index contributed by atoms with van der Waals surface area (Å²) in [6.07, 6.45) is 0.948. The van der Waals surface area contributed by atoms with Crippen molar-refractivity contribution in [2.45, 2.75) is 39.3 Å². The summed E-state index contributed by atoms with van der Waals surface area (Å²) in [5.41, 5.74) is 5.29. The molecular weight excluding hydrogens is 294 g/mol. The van der Waals surface area contributed by atoms with E-state index >= 15 is 0 Å². The van der Waals surface area contributed by atoms with E-state index in [1.807, 2.05) is 18.7 Å². The fourth-order valence-corrected chi connectivity index (χ4v) is 1.64. The molecule has 0 aliphatic rings. The van der Waals surface area contributed by atoms with Crippen molar-refractivity contribution < 1.29 is 9.32 Å². The fourth-order valence-electron chi connectivity index (χ4n) is 1.64. The summed E-state index contributed by atoms with van der Waals surface area (Å²) in [6.45, 7) is 7.29. The molecule has 8 heteroatoms. The van der Waals surface area contributed by atoms with E-state index in [1.165, 1.54) is 0 Å². The Morgan fingerprint density at radius 2 is 2.00 bits per heavy atom. The van der Waals surface area contributed by atoms with Gasteiger partial charge in [0.25, 0.3) is 0 Å². The molecule has 1 aromatic rings. The normalized spacial score (nSPS) is 11.4. The van der Waals surface area contributed by atoms with E-state index in [0.29, 0.717) is 24.8 Å². The fraction of sp³-hybridized carbons (Fsp3) is 0.769. The van der Waals surface area contributed by atoms with Crippen LogP contribution in [0.25, 0.3) is 0 Å². The van der Waals surface area contributed by atoms with Gasteiger partial charge in [-0.2, -0.15) is 4.98 Å². The summed E-state index contributed by atoms with van der Waals surface area (Å²) in [5.74, 6) is 1.01. The Hall–Kier alpha value is -1.18. The summed E-state index contributed by atoms with van der Waals surface area (Å²) in [5, 5.41) is 3.88. The van der Waals surface area contributed by atoms with Crippen LogP contribution >= 0.6 is 12.4 Å². The zero-order valence-electron chi connectivity index (χ0n) is 13.4.